The Bertz CT molecular complexity index is 371. The van der Waals surface area contributed by atoms with E-state index < -0.39 is 0 Å². The lowest BCUT2D eigenvalue weighted by Crippen LogP contribution is -1.94. The molecule has 1 nitrogen and oxygen atoms in total. The van der Waals surface area contributed by atoms with Crippen molar-refractivity contribution in [2.45, 2.75) is 11.8 Å². The molecule has 1 heterocycles. The van der Waals surface area contributed by atoms with Crippen molar-refractivity contribution in [3.8, 4) is 0 Å². The number of alkyl halides is 1. The molecule has 0 aliphatic carbocycles. The standard InChI is InChI=1S/C11H10ClNS/c12-10(8-11-13-6-7-14-11)9-4-2-1-3-5-9/h1-7,10H,8H2. The van der Waals surface area contributed by atoms with Crippen LogP contribution in [0.1, 0.15) is 15.9 Å². The largest absolute Gasteiger partial charge is 0.250 e. The molecular formula is C11H10ClNS. The van der Waals surface area contributed by atoms with Gasteiger partial charge in [-0.05, 0) is 5.56 Å². The smallest absolute Gasteiger partial charge is 0.0942 e. The lowest BCUT2D eigenvalue weighted by Gasteiger charge is -2.06. The van der Waals surface area contributed by atoms with Gasteiger partial charge in [0.05, 0.1) is 10.4 Å². The van der Waals surface area contributed by atoms with Crippen LogP contribution in [0.5, 0.6) is 0 Å². The number of benzene rings is 1. The number of rotatable bonds is 3. The van der Waals surface area contributed by atoms with Gasteiger partial charge in [-0.15, -0.1) is 22.9 Å². The zero-order chi connectivity index (χ0) is 9.80. The molecule has 0 fully saturated rings. The molecule has 0 radical (unpaired) electrons. The number of nitrogens with zero attached hydrogens (tertiary/aromatic N) is 1. The fraction of sp³-hybridized carbons (Fsp3) is 0.182. The molecule has 1 atom stereocenters. The predicted molar refractivity (Wildman–Crippen MR) is 60.9 cm³/mol. The van der Waals surface area contributed by atoms with Gasteiger partial charge in [-0.3, -0.25) is 0 Å². The molecule has 0 N–H and O–H groups in total. The molecule has 14 heavy (non-hydrogen) atoms. The number of halogens is 1. The summed E-state index contributed by atoms with van der Waals surface area (Å²) in [6.45, 7) is 0. The molecule has 0 saturated heterocycles. The van der Waals surface area contributed by atoms with Crippen LogP contribution >= 0.6 is 22.9 Å². The number of hydrogen-bond donors (Lipinski definition) is 0. The SMILES string of the molecule is ClC(Cc1nccs1)c1ccccc1. The van der Waals surface area contributed by atoms with Crippen LogP contribution in [0, 0.1) is 0 Å². The number of hydrogen-bond acceptors (Lipinski definition) is 2. The second kappa shape index (κ2) is 4.58. The number of thiazole rings is 1. The van der Waals surface area contributed by atoms with E-state index in [0.717, 1.165) is 17.0 Å². The zero-order valence-corrected chi connectivity index (χ0v) is 9.13. The molecule has 2 rings (SSSR count). The molecule has 0 bridgehead atoms. The Labute approximate surface area is 92.4 Å². The summed E-state index contributed by atoms with van der Waals surface area (Å²) in [4.78, 5) is 4.22. The van der Waals surface area contributed by atoms with Crippen LogP contribution in [0.3, 0.4) is 0 Å². The zero-order valence-electron chi connectivity index (χ0n) is 7.56. The van der Waals surface area contributed by atoms with Gasteiger partial charge in [-0.25, -0.2) is 4.98 Å². The van der Waals surface area contributed by atoms with Crippen LogP contribution in [-0.4, -0.2) is 4.98 Å². The van der Waals surface area contributed by atoms with Crippen molar-refractivity contribution < 1.29 is 0 Å². The summed E-state index contributed by atoms with van der Waals surface area (Å²) in [6.07, 6.45) is 2.62. The molecule has 0 aliphatic heterocycles. The van der Waals surface area contributed by atoms with E-state index in [1.165, 1.54) is 0 Å². The summed E-state index contributed by atoms with van der Waals surface area (Å²) in [5, 5.41) is 3.10. The fourth-order valence-corrected chi connectivity index (χ4v) is 2.33. The maximum absolute atomic E-state index is 6.26. The lowest BCUT2D eigenvalue weighted by molar-refractivity contribution is 0.907. The third kappa shape index (κ3) is 2.34. The average Bonchev–Trinajstić information content (AvgIpc) is 2.72. The molecule has 1 aromatic heterocycles. The normalized spacial score (nSPS) is 12.6. The third-order valence-electron chi connectivity index (χ3n) is 2.00. The predicted octanol–water partition coefficient (Wildman–Crippen LogP) is 3.67. The van der Waals surface area contributed by atoms with Crippen LogP contribution in [0.25, 0.3) is 0 Å². The van der Waals surface area contributed by atoms with Gasteiger partial charge in [-0.1, -0.05) is 30.3 Å². The number of aromatic nitrogens is 1. The van der Waals surface area contributed by atoms with Gasteiger partial charge in [-0.2, -0.15) is 0 Å². The highest BCUT2D eigenvalue weighted by atomic mass is 35.5. The van der Waals surface area contributed by atoms with Gasteiger partial charge in [0.25, 0.3) is 0 Å². The minimum absolute atomic E-state index is 0.0300. The first-order chi connectivity index (χ1) is 6.86. The second-order valence-corrected chi connectivity index (χ2v) is 4.51. The van der Waals surface area contributed by atoms with Crippen LogP contribution in [0.15, 0.2) is 41.9 Å². The minimum atomic E-state index is 0.0300. The van der Waals surface area contributed by atoms with Gasteiger partial charge in [0.1, 0.15) is 0 Å². The Hall–Kier alpha value is -0.860. The molecule has 1 aromatic carbocycles. The van der Waals surface area contributed by atoms with Crippen molar-refractivity contribution in [2.24, 2.45) is 0 Å². The lowest BCUT2D eigenvalue weighted by atomic mass is 10.1. The Morgan fingerprint density at radius 2 is 2.07 bits per heavy atom. The summed E-state index contributed by atoms with van der Waals surface area (Å²) in [7, 11) is 0. The maximum Gasteiger partial charge on any atom is 0.0942 e. The highest BCUT2D eigenvalue weighted by molar-refractivity contribution is 7.09. The molecule has 2 aromatic rings. The van der Waals surface area contributed by atoms with Gasteiger partial charge >= 0.3 is 0 Å². The summed E-state index contributed by atoms with van der Waals surface area (Å²) in [6, 6.07) is 10.1. The molecule has 72 valence electrons. The van der Waals surface area contributed by atoms with Gasteiger partial charge in [0.15, 0.2) is 0 Å². The van der Waals surface area contributed by atoms with E-state index in [9.17, 15) is 0 Å². The van der Waals surface area contributed by atoms with Crippen molar-refractivity contribution in [1.82, 2.24) is 4.98 Å². The Morgan fingerprint density at radius 1 is 1.29 bits per heavy atom. The van der Waals surface area contributed by atoms with E-state index >= 15 is 0 Å². The van der Waals surface area contributed by atoms with Crippen molar-refractivity contribution in [3.63, 3.8) is 0 Å². The summed E-state index contributed by atoms with van der Waals surface area (Å²) >= 11 is 7.91. The van der Waals surface area contributed by atoms with Gasteiger partial charge < -0.3 is 0 Å². The van der Waals surface area contributed by atoms with Crippen LogP contribution in [0.4, 0.5) is 0 Å². The molecule has 1 unspecified atom stereocenters. The Balaban J connectivity index is 2.07. The fourth-order valence-electron chi connectivity index (χ4n) is 1.29. The minimum Gasteiger partial charge on any atom is -0.250 e. The third-order valence-corrected chi connectivity index (χ3v) is 3.21. The van der Waals surface area contributed by atoms with Crippen molar-refractivity contribution in [2.75, 3.05) is 0 Å². The average molecular weight is 224 g/mol. The first-order valence-corrected chi connectivity index (χ1v) is 5.75. The topological polar surface area (TPSA) is 12.9 Å². The van der Waals surface area contributed by atoms with Crippen molar-refractivity contribution in [3.05, 3.63) is 52.5 Å². The quantitative estimate of drug-likeness (QED) is 0.724. The van der Waals surface area contributed by atoms with Crippen molar-refractivity contribution in [1.29, 1.82) is 0 Å². The molecule has 0 saturated carbocycles. The van der Waals surface area contributed by atoms with E-state index in [-0.39, 0.29) is 5.38 Å². The van der Waals surface area contributed by atoms with E-state index in [1.54, 1.807) is 11.3 Å². The van der Waals surface area contributed by atoms with E-state index in [1.807, 2.05) is 41.9 Å². The van der Waals surface area contributed by atoms with Gasteiger partial charge in [0, 0.05) is 18.0 Å². The highest BCUT2D eigenvalue weighted by Gasteiger charge is 2.09. The summed E-state index contributed by atoms with van der Waals surface area (Å²) < 4.78 is 0. The highest BCUT2D eigenvalue weighted by Crippen LogP contribution is 2.25. The van der Waals surface area contributed by atoms with E-state index in [2.05, 4.69) is 4.98 Å². The van der Waals surface area contributed by atoms with E-state index in [4.69, 9.17) is 11.6 Å². The summed E-state index contributed by atoms with van der Waals surface area (Å²) in [5.41, 5.74) is 1.16. The first kappa shape index (κ1) is 9.69. The molecule has 0 spiro atoms. The summed E-state index contributed by atoms with van der Waals surface area (Å²) in [5.74, 6) is 0. The first-order valence-electron chi connectivity index (χ1n) is 4.43. The molecule has 0 amide bonds. The van der Waals surface area contributed by atoms with Crippen LogP contribution < -0.4 is 0 Å². The monoisotopic (exact) mass is 223 g/mol. The van der Waals surface area contributed by atoms with Crippen molar-refractivity contribution >= 4 is 22.9 Å². The van der Waals surface area contributed by atoms with Crippen LogP contribution in [0.2, 0.25) is 0 Å². The molecule has 0 aliphatic rings. The molecular weight excluding hydrogens is 214 g/mol. The Morgan fingerprint density at radius 3 is 2.71 bits per heavy atom. The second-order valence-electron chi connectivity index (χ2n) is 3.01. The van der Waals surface area contributed by atoms with Crippen LogP contribution in [-0.2, 0) is 6.42 Å². The molecule has 3 heteroatoms. The van der Waals surface area contributed by atoms with E-state index in [0.29, 0.717) is 0 Å². The van der Waals surface area contributed by atoms with Gasteiger partial charge in [0.2, 0.25) is 0 Å². The maximum atomic E-state index is 6.26. The Kier molecular flexibility index (Phi) is 3.17.